The van der Waals surface area contributed by atoms with Crippen molar-refractivity contribution in [2.75, 3.05) is 20.2 Å². The molecular formula is C12H15ClFNO4S. The van der Waals surface area contributed by atoms with Crippen molar-refractivity contribution in [2.24, 2.45) is 0 Å². The Hall–Kier alpha value is -1.18. The summed E-state index contributed by atoms with van der Waals surface area (Å²) in [6.45, 7) is 1.78. The van der Waals surface area contributed by atoms with Crippen LogP contribution in [0.25, 0.3) is 0 Å². The molecule has 1 aromatic rings. The van der Waals surface area contributed by atoms with Crippen LogP contribution in [0.15, 0.2) is 23.1 Å². The van der Waals surface area contributed by atoms with Gasteiger partial charge in [-0.3, -0.25) is 4.79 Å². The van der Waals surface area contributed by atoms with E-state index in [1.54, 1.807) is 6.92 Å². The summed E-state index contributed by atoms with van der Waals surface area (Å²) in [5.74, 6) is -1.44. The third-order valence-corrected chi connectivity index (χ3v) is 4.64. The van der Waals surface area contributed by atoms with E-state index in [4.69, 9.17) is 16.3 Å². The van der Waals surface area contributed by atoms with Crippen LogP contribution in [0, 0.1) is 5.82 Å². The number of nitrogens with zero attached hydrogens (tertiary/aromatic N) is 1. The van der Waals surface area contributed by atoms with Gasteiger partial charge in [0.1, 0.15) is 10.7 Å². The van der Waals surface area contributed by atoms with Gasteiger partial charge in [0, 0.05) is 18.6 Å². The number of esters is 1. The Balaban J connectivity index is 2.85. The number of benzene rings is 1. The molecule has 0 fully saturated rings. The quantitative estimate of drug-likeness (QED) is 0.752. The van der Waals surface area contributed by atoms with Crippen LogP contribution in [0.4, 0.5) is 4.39 Å². The van der Waals surface area contributed by atoms with Crippen molar-refractivity contribution in [1.82, 2.24) is 4.31 Å². The van der Waals surface area contributed by atoms with Crippen molar-refractivity contribution in [3.63, 3.8) is 0 Å². The molecule has 0 aliphatic carbocycles. The topological polar surface area (TPSA) is 63.7 Å². The number of carbonyl (C=O) groups is 1. The predicted octanol–water partition coefficient (Wildman–Crippen LogP) is 2.05. The van der Waals surface area contributed by atoms with Gasteiger partial charge in [-0.25, -0.2) is 17.1 Å². The number of ether oxygens (including phenoxy) is 1. The van der Waals surface area contributed by atoms with Crippen molar-refractivity contribution >= 4 is 27.6 Å². The Morgan fingerprint density at radius 1 is 1.45 bits per heavy atom. The first kappa shape index (κ1) is 16.9. The lowest BCUT2D eigenvalue weighted by Gasteiger charge is -2.17. The maximum atomic E-state index is 13.6. The molecule has 5 nitrogen and oxygen atoms in total. The van der Waals surface area contributed by atoms with Crippen molar-refractivity contribution in [1.29, 1.82) is 0 Å². The first-order valence-corrected chi connectivity index (χ1v) is 7.68. The van der Waals surface area contributed by atoms with E-state index in [2.05, 4.69) is 0 Å². The second-order valence-corrected chi connectivity index (χ2v) is 6.41. The summed E-state index contributed by atoms with van der Waals surface area (Å²) in [7, 11) is -2.74. The van der Waals surface area contributed by atoms with Gasteiger partial charge in [-0.15, -0.1) is 0 Å². The maximum absolute atomic E-state index is 13.6. The van der Waals surface area contributed by atoms with Crippen LogP contribution in [0.2, 0.25) is 5.02 Å². The van der Waals surface area contributed by atoms with Crippen molar-refractivity contribution < 1.29 is 22.3 Å². The van der Waals surface area contributed by atoms with Gasteiger partial charge in [0.05, 0.1) is 13.0 Å². The zero-order chi connectivity index (χ0) is 15.3. The standard InChI is InChI=1S/C12H15ClFNO4S/c1-3-19-12(16)6-7-15(2)20(17,18)11-5-4-9(13)8-10(11)14/h4-5,8H,3,6-7H2,1-2H3. The second kappa shape index (κ2) is 7.01. The summed E-state index contributed by atoms with van der Waals surface area (Å²) in [5.41, 5.74) is 0. The third-order valence-electron chi connectivity index (χ3n) is 2.52. The third kappa shape index (κ3) is 4.16. The number of hydrogen-bond acceptors (Lipinski definition) is 4. The van der Waals surface area contributed by atoms with Crippen molar-refractivity contribution in [2.45, 2.75) is 18.2 Å². The van der Waals surface area contributed by atoms with E-state index in [0.717, 1.165) is 16.4 Å². The Morgan fingerprint density at radius 3 is 2.65 bits per heavy atom. The van der Waals surface area contributed by atoms with Gasteiger partial charge in [0.2, 0.25) is 10.0 Å². The average molecular weight is 324 g/mol. The van der Waals surface area contributed by atoms with Gasteiger partial charge in [0.25, 0.3) is 0 Å². The fourth-order valence-corrected chi connectivity index (χ4v) is 2.83. The first-order valence-electron chi connectivity index (χ1n) is 5.86. The second-order valence-electron chi connectivity index (χ2n) is 3.96. The number of hydrogen-bond donors (Lipinski definition) is 0. The molecule has 20 heavy (non-hydrogen) atoms. The Bertz CT molecular complexity index is 591. The Morgan fingerprint density at radius 2 is 2.10 bits per heavy atom. The van der Waals surface area contributed by atoms with Crippen LogP contribution >= 0.6 is 11.6 Å². The summed E-state index contributed by atoms with van der Waals surface area (Å²) in [6, 6.07) is 3.30. The summed E-state index contributed by atoms with van der Waals surface area (Å²) >= 11 is 5.57. The maximum Gasteiger partial charge on any atom is 0.307 e. The molecule has 1 aromatic carbocycles. The van der Waals surface area contributed by atoms with Gasteiger partial charge in [-0.1, -0.05) is 11.6 Å². The molecule has 0 saturated carbocycles. The zero-order valence-electron chi connectivity index (χ0n) is 11.1. The van der Waals surface area contributed by atoms with Gasteiger partial charge in [0.15, 0.2) is 0 Å². The Labute approximate surface area is 122 Å². The molecule has 8 heteroatoms. The highest BCUT2D eigenvalue weighted by atomic mass is 35.5. The molecule has 0 aliphatic rings. The van der Waals surface area contributed by atoms with Crippen LogP contribution < -0.4 is 0 Å². The summed E-state index contributed by atoms with van der Waals surface area (Å²) in [4.78, 5) is 10.7. The zero-order valence-corrected chi connectivity index (χ0v) is 12.7. The molecule has 0 unspecified atom stereocenters. The van der Waals surface area contributed by atoms with Gasteiger partial charge in [-0.2, -0.15) is 0 Å². The molecular weight excluding hydrogens is 309 g/mol. The molecule has 0 atom stereocenters. The molecule has 0 amide bonds. The van der Waals surface area contributed by atoms with Crippen LogP contribution in [0.5, 0.6) is 0 Å². The van der Waals surface area contributed by atoms with Gasteiger partial charge < -0.3 is 4.74 Å². The van der Waals surface area contributed by atoms with Crippen LogP contribution in [0.3, 0.4) is 0 Å². The molecule has 0 N–H and O–H groups in total. The summed E-state index contributed by atoms with van der Waals surface area (Å²) < 4.78 is 43.5. The normalized spacial score (nSPS) is 11.7. The number of rotatable bonds is 6. The van der Waals surface area contributed by atoms with Crippen LogP contribution in [-0.4, -0.2) is 38.9 Å². The van der Waals surface area contributed by atoms with E-state index in [1.807, 2.05) is 0 Å². The minimum Gasteiger partial charge on any atom is -0.466 e. The number of sulfonamides is 1. The predicted molar refractivity (Wildman–Crippen MR) is 72.5 cm³/mol. The lowest BCUT2D eigenvalue weighted by molar-refractivity contribution is -0.143. The SMILES string of the molecule is CCOC(=O)CCN(C)S(=O)(=O)c1ccc(Cl)cc1F. The molecule has 0 heterocycles. The largest absolute Gasteiger partial charge is 0.466 e. The van der Waals surface area contributed by atoms with Gasteiger partial charge in [-0.05, 0) is 25.1 Å². The molecule has 0 aromatic heterocycles. The first-order chi connectivity index (χ1) is 9.28. The number of halogens is 2. The fourth-order valence-electron chi connectivity index (χ4n) is 1.45. The van der Waals surface area contributed by atoms with E-state index >= 15 is 0 Å². The van der Waals surface area contributed by atoms with E-state index in [-0.39, 0.29) is 24.6 Å². The van der Waals surface area contributed by atoms with Crippen LogP contribution in [-0.2, 0) is 19.6 Å². The minimum atomic E-state index is -4.01. The fraction of sp³-hybridized carbons (Fsp3) is 0.417. The molecule has 0 bridgehead atoms. The Kier molecular flexibility index (Phi) is 5.91. The molecule has 0 aliphatic heterocycles. The molecule has 112 valence electrons. The lowest BCUT2D eigenvalue weighted by atomic mass is 10.3. The molecule has 0 radical (unpaired) electrons. The number of carbonyl (C=O) groups excluding carboxylic acids is 1. The molecule has 1 rings (SSSR count). The summed E-state index contributed by atoms with van der Waals surface area (Å²) in [6.07, 6.45) is -0.0984. The van der Waals surface area contributed by atoms with Crippen molar-refractivity contribution in [3.8, 4) is 0 Å². The van der Waals surface area contributed by atoms with Crippen molar-refractivity contribution in [3.05, 3.63) is 29.0 Å². The monoisotopic (exact) mass is 323 g/mol. The van der Waals surface area contributed by atoms with Crippen LogP contribution in [0.1, 0.15) is 13.3 Å². The van der Waals surface area contributed by atoms with E-state index in [9.17, 15) is 17.6 Å². The molecule has 0 spiro atoms. The lowest BCUT2D eigenvalue weighted by Crippen LogP contribution is -2.30. The summed E-state index contributed by atoms with van der Waals surface area (Å²) in [5, 5.41) is 0.107. The average Bonchev–Trinajstić information content (AvgIpc) is 2.35. The van der Waals surface area contributed by atoms with E-state index < -0.39 is 26.7 Å². The highest BCUT2D eigenvalue weighted by molar-refractivity contribution is 7.89. The molecule has 0 saturated heterocycles. The van der Waals surface area contributed by atoms with E-state index in [1.165, 1.54) is 13.1 Å². The highest BCUT2D eigenvalue weighted by Gasteiger charge is 2.25. The van der Waals surface area contributed by atoms with E-state index in [0.29, 0.717) is 0 Å². The smallest absolute Gasteiger partial charge is 0.307 e. The highest BCUT2D eigenvalue weighted by Crippen LogP contribution is 2.21. The minimum absolute atomic E-state index is 0.0940. The van der Waals surface area contributed by atoms with Gasteiger partial charge >= 0.3 is 5.97 Å².